The van der Waals surface area contributed by atoms with Crippen LogP contribution in [0, 0.1) is 0 Å². The summed E-state index contributed by atoms with van der Waals surface area (Å²) in [5.41, 5.74) is 0. The molecule has 0 fully saturated rings. The second-order valence-corrected chi connectivity index (χ2v) is 3.33. The molecule has 0 aromatic heterocycles. The molecule has 0 rings (SSSR count). The first-order chi connectivity index (χ1) is 4.62. The van der Waals surface area contributed by atoms with Gasteiger partial charge in [-0.3, -0.25) is 0 Å². The summed E-state index contributed by atoms with van der Waals surface area (Å²) >= 11 is 2.08. The fourth-order valence-corrected chi connectivity index (χ4v) is 1.50. The third-order valence-electron chi connectivity index (χ3n) is 1.23. The maximum atomic E-state index is 9.09. The highest BCUT2D eigenvalue weighted by atomic mass is 127. The van der Waals surface area contributed by atoms with E-state index in [0.717, 1.165) is 4.43 Å². The summed E-state index contributed by atoms with van der Waals surface area (Å²) in [6.45, 7) is 0.0180. The van der Waals surface area contributed by atoms with Crippen molar-refractivity contribution in [2.75, 3.05) is 11.0 Å². The Bertz CT molecular complexity index is 85.1. The van der Waals surface area contributed by atoms with Crippen LogP contribution < -0.4 is 0 Å². The maximum absolute atomic E-state index is 9.09. The van der Waals surface area contributed by atoms with E-state index in [1.165, 1.54) is 0 Å². The molecule has 0 saturated heterocycles. The van der Waals surface area contributed by atoms with Crippen molar-refractivity contribution in [3.63, 3.8) is 0 Å². The van der Waals surface area contributed by atoms with Crippen molar-refractivity contribution in [3.05, 3.63) is 0 Å². The van der Waals surface area contributed by atoms with E-state index in [2.05, 4.69) is 22.6 Å². The minimum atomic E-state index is -1.57. The van der Waals surface area contributed by atoms with Gasteiger partial charge in [0.25, 0.3) is 0 Å². The van der Waals surface area contributed by atoms with E-state index in [4.69, 9.17) is 15.3 Å². The van der Waals surface area contributed by atoms with E-state index in [9.17, 15) is 0 Å². The van der Waals surface area contributed by atoms with Crippen LogP contribution in [0.25, 0.3) is 0 Å². The number of aliphatic hydroxyl groups is 3. The fourth-order valence-electron chi connectivity index (χ4n) is 0.639. The summed E-state index contributed by atoms with van der Waals surface area (Å²) in [6.07, 6.45) is 1.07. The average molecular weight is 260 g/mol. The molecule has 0 aromatic carbocycles. The third kappa shape index (κ3) is 5.40. The largest absolute Gasteiger partial charge is 0.396 e. The number of hydrogen-bond acceptors (Lipinski definition) is 3. The van der Waals surface area contributed by atoms with Gasteiger partial charge in [0.2, 0.25) is 0 Å². The van der Waals surface area contributed by atoms with E-state index in [-0.39, 0.29) is 13.0 Å². The molecule has 10 heavy (non-hydrogen) atoms. The minimum Gasteiger partial charge on any atom is -0.396 e. The summed E-state index contributed by atoms with van der Waals surface area (Å²) in [4.78, 5) is 0. The van der Waals surface area contributed by atoms with E-state index in [0.29, 0.717) is 12.8 Å². The Labute approximate surface area is 74.2 Å². The zero-order chi connectivity index (χ0) is 8.04. The Balaban J connectivity index is 3.42. The molecule has 0 bridgehead atoms. The second kappa shape index (κ2) is 5.29. The highest BCUT2D eigenvalue weighted by Crippen LogP contribution is 2.14. The molecule has 0 atom stereocenters. The standard InChI is InChI=1S/C6H13IO3/c7-4-3-6(9,10)2-1-5-8/h8-10H,1-5H2. The quantitative estimate of drug-likeness (QED) is 0.377. The molecular formula is C6H13IO3. The summed E-state index contributed by atoms with van der Waals surface area (Å²) in [5, 5.41) is 26.5. The van der Waals surface area contributed by atoms with Crippen molar-refractivity contribution in [2.45, 2.75) is 25.0 Å². The van der Waals surface area contributed by atoms with Crippen LogP contribution in [0.4, 0.5) is 0 Å². The molecule has 0 saturated carbocycles. The van der Waals surface area contributed by atoms with Crippen LogP contribution in [0.3, 0.4) is 0 Å². The molecule has 0 aliphatic rings. The Morgan fingerprint density at radius 1 is 1.20 bits per heavy atom. The molecule has 4 heteroatoms. The lowest BCUT2D eigenvalue weighted by Crippen LogP contribution is -2.28. The average Bonchev–Trinajstić information content (AvgIpc) is 1.84. The lowest BCUT2D eigenvalue weighted by molar-refractivity contribution is -0.167. The fraction of sp³-hybridized carbons (Fsp3) is 1.00. The second-order valence-electron chi connectivity index (χ2n) is 2.25. The van der Waals surface area contributed by atoms with Gasteiger partial charge in [0.1, 0.15) is 0 Å². The zero-order valence-electron chi connectivity index (χ0n) is 5.76. The molecule has 0 radical (unpaired) electrons. The lowest BCUT2D eigenvalue weighted by Gasteiger charge is -2.19. The molecule has 0 heterocycles. The van der Waals surface area contributed by atoms with Crippen LogP contribution >= 0.6 is 22.6 Å². The van der Waals surface area contributed by atoms with Crippen LogP contribution in [-0.2, 0) is 0 Å². The molecule has 0 aliphatic carbocycles. The molecule has 3 nitrogen and oxygen atoms in total. The van der Waals surface area contributed by atoms with Crippen LogP contribution in [0.1, 0.15) is 19.3 Å². The number of hydrogen-bond donors (Lipinski definition) is 3. The first-order valence-electron chi connectivity index (χ1n) is 3.24. The van der Waals surface area contributed by atoms with Crippen LogP contribution in [0.2, 0.25) is 0 Å². The Kier molecular flexibility index (Phi) is 5.61. The van der Waals surface area contributed by atoms with E-state index < -0.39 is 5.79 Å². The van der Waals surface area contributed by atoms with Gasteiger partial charge in [0.05, 0.1) is 0 Å². The number of halogens is 1. The minimum absolute atomic E-state index is 0.0180. The third-order valence-corrected chi connectivity index (χ3v) is 1.77. The van der Waals surface area contributed by atoms with Gasteiger partial charge in [-0.1, -0.05) is 22.6 Å². The SMILES string of the molecule is OCCCC(O)(O)CCI. The zero-order valence-corrected chi connectivity index (χ0v) is 7.91. The summed E-state index contributed by atoms with van der Waals surface area (Å²) in [5.74, 6) is -1.57. The molecule has 0 aromatic rings. The van der Waals surface area contributed by atoms with E-state index in [1.807, 2.05) is 0 Å². The summed E-state index contributed by atoms with van der Waals surface area (Å²) in [7, 11) is 0. The predicted octanol–water partition coefficient (Wildman–Crippen LogP) is 0.265. The molecule has 0 unspecified atom stereocenters. The highest BCUT2D eigenvalue weighted by Gasteiger charge is 2.20. The van der Waals surface area contributed by atoms with Gasteiger partial charge in [-0.25, -0.2) is 0 Å². The van der Waals surface area contributed by atoms with Gasteiger partial charge in [0, 0.05) is 23.9 Å². The van der Waals surface area contributed by atoms with Crippen molar-refractivity contribution in [1.29, 1.82) is 0 Å². The van der Waals surface area contributed by atoms with E-state index >= 15 is 0 Å². The predicted molar refractivity (Wildman–Crippen MR) is 47.0 cm³/mol. The summed E-state index contributed by atoms with van der Waals surface area (Å²) in [6, 6.07) is 0. The van der Waals surface area contributed by atoms with Gasteiger partial charge in [0.15, 0.2) is 5.79 Å². The van der Waals surface area contributed by atoms with Crippen LogP contribution in [0.5, 0.6) is 0 Å². The molecular weight excluding hydrogens is 247 g/mol. The maximum Gasteiger partial charge on any atom is 0.163 e. The normalized spacial score (nSPS) is 12.0. The van der Waals surface area contributed by atoms with Gasteiger partial charge >= 0.3 is 0 Å². The van der Waals surface area contributed by atoms with Gasteiger partial charge in [-0.05, 0) is 6.42 Å². The molecule has 3 N–H and O–H groups in total. The van der Waals surface area contributed by atoms with Crippen molar-refractivity contribution in [2.24, 2.45) is 0 Å². The van der Waals surface area contributed by atoms with Crippen molar-refractivity contribution in [1.82, 2.24) is 0 Å². The molecule has 62 valence electrons. The van der Waals surface area contributed by atoms with Crippen molar-refractivity contribution in [3.8, 4) is 0 Å². The topological polar surface area (TPSA) is 60.7 Å². The molecule has 0 aliphatic heterocycles. The lowest BCUT2D eigenvalue weighted by atomic mass is 10.1. The molecule has 0 amide bonds. The number of alkyl halides is 1. The first kappa shape index (κ1) is 10.6. The van der Waals surface area contributed by atoms with Gasteiger partial charge < -0.3 is 15.3 Å². The number of rotatable bonds is 5. The van der Waals surface area contributed by atoms with Crippen LogP contribution in [-0.4, -0.2) is 32.1 Å². The van der Waals surface area contributed by atoms with Crippen molar-refractivity contribution < 1.29 is 15.3 Å². The Morgan fingerprint density at radius 3 is 2.20 bits per heavy atom. The summed E-state index contributed by atoms with van der Waals surface area (Å²) < 4.78 is 0.718. The van der Waals surface area contributed by atoms with Crippen molar-refractivity contribution >= 4 is 22.6 Å². The Hall–Kier alpha value is 0.610. The first-order valence-corrected chi connectivity index (χ1v) is 4.76. The van der Waals surface area contributed by atoms with Crippen LogP contribution in [0.15, 0.2) is 0 Å². The Morgan fingerprint density at radius 2 is 1.80 bits per heavy atom. The smallest absolute Gasteiger partial charge is 0.163 e. The van der Waals surface area contributed by atoms with E-state index in [1.54, 1.807) is 0 Å². The highest BCUT2D eigenvalue weighted by molar-refractivity contribution is 14.1. The molecule has 0 spiro atoms. The monoisotopic (exact) mass is 260 g/mol. The van der Waals surface area contributed by atoms with Gasteiger partial charge in [-0.15, -0.1) is 0 Å². The van der Waals surface area contributed by atoms with Gasteiger partial charge in [-0.2, -0.15) is 0 Å². The number of aliphatic hydroxyl groups excluding tert-OH is 1.